The predicted octanol–water partition coefficient (Wildman–Crippen LogP) is 16.3. The molecule has 0 saturated carbocycles. The molecule has 1 rings (SSSR count). The quantitative estimate of drug-likeness (QED) is 0.0228. The number of carbonyl (C=O) groups excluding carboxylic acids is 3. The molecule has 0 amide bonds. The summed E-state index contributed by atoms with van der Waals surface area (Å²) in [5.41, 5.74) is 0. The zero-order valence-corrected chi connectivity index (χ0v) is 49.0. The molecule has 12 heteroatoms. The molecule has 0 radical (unpaired) electrons. The molecule has 1 aliphatic heterocycles. The van der Waals surface area contributed by atoms with Crippen LogP contribution in [0.15, 0.2) is 60.8 Å². The Morgan fingerprint density at radius 1 is 0.442 bits per heavy atom. The minimum absolute atomic E-state index is 0.0608. The summed E-state index contributed by atoms with van der Waals surface area (Å²) in [6, 6.07) is 0. The molecule has 77 heavy (non-hydrogen) atoms. The van der Waals surface area contributed by atoms with Crippen molar-refractivity contribution in [3.05, 3.63) is 60.8 Å². The maximum Gasteiger partial charge on any atom is 0.335 e. The molecule has 1 saturated heterocycles. The molecule has 1 aliphatic rings. The number of aliphatic hydroxyl groups is 2. The number of unbranched alkanes of at least 4 members (excludes halogenated alkanes) is 29. The molecule has 444 valence electrons. The smallest absolute Gasteiger partial charge is 0.335 e. The van der Waals surface area contributed by atoms with Gasteiger partial charge in [-0.25, -0.2) is 4.79 Å². The molecule has 3 N–H and O–H groups in total. The van der Waals surface area contributed by atoms with Crippen molar-refractivity contribution in [3.8, 4) is 0 Å². The first kappa shape index (κ1) is 71.4. The van der Waals surface area contributed by atoms with Crippen molar-refractivity contribution in [2.45, 2.75) is 314 Å². The second-order valence-electron chi connectivity index (χ2n) is 21.3. The SMILES string of the molecule is CC/C=C\C/C=C\C/C=C\CCCCCCCCCC(=O)OCC(COC1OC(C(=O)O)C(O)C(O)C1OC(=O)CCCCCCCCCCCCCCCCC)OC(=O)CCCCCCC/C=C\C/C=C\CCCCC. The molecule has 0 bridgehead atoms. The van der Waals surface area contributed by atoms with Gasteiger partial charge in [-0.05, 0) is 83.5 Å². The molecule has 1 fully saturated rings. The Morgan fingerprint density at radius 2 is 0.818 bits per heavy atom. The minimum Gasteiger partial charge on any atom is -0.479 e. The average molecular weight is 1090 g/mol. The summed E-state index contributed by atoms with van der Waals surface area (Å²) >= 11 is 0. The average Bonchev–Trinajstić information content (AvgIpc) is 3.42. The topological polar surface area (TPSA) is 175 Å². The van der Waals surface area contributed by atoms with E-state index < -0.39 is 67.3 Å². The Hall–Kier alpha value is -3.58. The molecule has 0 spiro atoms. The van der Waals surface area contributed by atoms with E-state index in [0.717, 1.165) is 128 Å². The molecule has 6 unspecified atom stereocenters. The van der Waals surface area contributed by atoms with Gasteiger partial charge in [-0.15, -0.1) is 0 Å². The van der Waals surface area contributed by atoms with Crippen LogP contribution in [0.5, 0.6) is 0 Å². The van der Waals surface area contributed by atoms with E-state index in [1.165, 1.54) is 89.9 Å². The Bertz CT molecular complexity index is 1570. The number of ether oxygens (including phenoxy) is 5. The number of rotatable bonds is 53. The van der Waals surface area contributed by atoms with Crippen molar-refractivity contribution >= 4 is 23.9 Å². The molecule has 0 aromatic carbocycles. The first-order valence-electron chi connectivity index (χ1n) is 31.3. The second kappa shape index (κ2) is 53.1. The van der Waals surface area contributed by atoms with Crippen molar-refractivity contribution in [1.82, 2.24) is 0 Å². The maximum absolute atomic E-state index is 13.2. The number of carbonyl (C=O) groups is 4. The Balaban J connectivity index is 2.68. The van der Waals surface area contributed by atoms with Gasteiger partial charge in [0.05, 0.1) is 6.61 Å². The van der Waals surface area contributed by atoms with E-state index >= 15 is 0 Å². The summed E-state index contributed by atoms with van der Waals surface area (Å²) in [5, 5.41) is 31.5. The van der Waals surface area contributed by atoms with Gasteiger partial charge in [-0.3, -0.25) is 14.4 Å². The van der Waals surface area contributed by atoms with Gasteiger partial charge in [0, 0.05) is 19.3 Å². The van der Waals surface area contributed by atoms with Gasteiger partial charge in [0.2, 0.25) is 0 Å². The minimum atomic E-state index is -1.90. The van der Waals surface area contributed by atoms with Crippen molar-refractivity contribution in [3.63, 3.8) is 0 Å². The molecular formula is C65H112O12. The molecule has 1 heterocycles. The Morgan fingerprint density at radius 3 is 1.27 bits per heavy atom. The van der Waals surface area contributed by atoms with E-state index in [0.29, 0.717) is 19.3 Å². The zero-order valence-electron chi connectivity index (χ0n) is 49.0. The van der Waals surface area contributed by atoms with E-state index in [2.05, 4.69) is 81.5 Å². The third-order valence-electron chi connectivity index (χ3n) is 14.1. The van der Waals surface area contributed by atoms with Gasteiger partial charge in [-0.1, -0.05) is 236 Å². The van der Waals surface area contributed by atoms with Crippen LogP contribution in [-0.2, 0) is 42.9 Å². The van der Waals surface area contributed by atoms with Crippen LogP contribution in [0.1, 0.15) is 278 Å². The highest BCUT2D eigenvalue weighted by molar-refractivity contribution is 5.74. The third-order valence-corrected chi connectivity index (χ3v) is 14.1. The van der Waals surface area contributed by atoms with Gasteiger partial charge in [0.25, 0.3) is 0 Å². The Kier molecular flexibility index (Phi) is 49.2. The number of aliphatic carboxylic acids is 1. The molecule has 0 aromatic heterocycles. The monoisotopic (exact) mass is 1080 g/mol. The van der Waals surface area contributed by atoms with Gasteiger partial charge in [-0.2, -0.15) is 0 Å². The summed E-state index contributed by atoms with van der Waals surface area (Å²) in [7, 11) is 0. The van der Waals surface area contributed by atoms with Crippen LogP contribution < -0.4 is 0 Å². The fourth-order valence-corrected chi connectivity index (χ4v) is 9.30. The largest absolute Gasteiger partial charge is 0.479 e. The van der Waals surface area contributed by atoms with Gasteiger partial charge in [0.1, 0.15) is 18.8 Å². The van der Waals surface area contributed by atoms with E-state index in [1.807, 2.05) is 0 Å². The lowest BCUT2D eigenvalue weighted by atomic mass is 9.98. The van der Waals surface area contributed by atoms with E-state index in [-0.39, 0.29) is 25.9 Å². The number of carboxylic acids is 1. The number of hydrogen-bond acceptors (Lipinski definition) is 11. The lowest BCUT2D eigenvalue weighted by Crippen LogP contribution is -2.61. The van der Waals surface area contributed by atoms with Crippen LogP contribution in [-0.4, -0.2) is 89.2 Å². The van der Waals surface area contributed by atoms with Crippen LogP contribution >= 0.6 is 0 Å². The van der Waals surface area contributed by atoms with Gasteiger partial charge in [0.15, 0.2) is 24.6 Å². The molecule has 12 nitrogen and oxygen atoms in total. The van der Waals surface area contributed by atoms with Crippen LogP contribution in [0, 0.1) is 0 Å². The summed E-state index contributed by atoms with van der Waals surface area (Å²) in [5.74, 6) is -3.13. The summed E-state index contributed by atoms with van der Waals surface area (Å²) in [4.78, 5) is 51.2. The highest BCUT2D eigenvalue weighted by Gasteiger charge is 2.50. The van der Waals surface area contributed by atoms with Gasteiger partial charge < -0.3 is 39.0 Å². The first-order chi connectivity index (χ1) is 37.6. The lowest BCUT2D eigenvalue weighted by molar-refractivity contribution is -0.301. The fraction of sp³-hybridized carbons (Fsp3) is 0.785. The van der Waals surface area contributed by atoms with Crippen LogP contribution in [0.2, 0.25) is 0 Å². The summed E-state index contributed by atoms with van der Waals surface area (Å²) in [6.45, 7) is 5.86. The standard InChI is InChI=1S/C65H112O12/c1-4-7-10-13-16-19-22-25-28-29-32-33-36-39-42-45-48-51-57(66)73-54-56(75-58(67)52-49-46-43-40-37-34-30-26-23-20-17-14-11-8-5-2)55-74-65-63(61(70)60(69)62(77-65)64(71)72)76-59(68)53-50-47-44-41-38-35-31-27-24-21-18-15-12-9-6-3/h7,10,16-17,19-20,25-26,28,30,56,60-63,65,69-70H,4-6,8-9,11-15,18,21-24,27,29,31-55H2,1-3H3,(H,71,72)/b10-7-,19-16-,20-17-,28-25-,30-26-. The molecule has 6 atom stereocenters. The lowest BCUT2D eigenvalue weighted by Gasteiger charge is -2.40. The highest BCUT2D eigenvalue weighted by Crippen LogP contribution is 2.27. The summed E-state index contributed by atoms with van der Waals surface area (Å²) in [6.07, 6.45) is 53.2. The summed E-state index contributed by atoms with van der Waals surface area (Å²) < 4.78 is 28.5. The van der Waals surface area contributed by atoms with Crippen molar-refractivity contribution < 1.29 is 58.2 Å². The molecule has 0 aliphatic carbocycles. The second-order valence-corrected chi connectivity index (χ2v) is 21.3. The van der Waals surface area contributed by atoms with Crippen LogP contribution in [0.3, 0.4) is 0 Å². The number of hydrogen-bond donors (Lipinski definition) is 3. The predicted molar refractivity (Wildman–Crippen MR) is 312 cm³/mol. The van der Waals surface area contributed by atoms with Crippen molar-refractivity contribution in [2.75, 3.05) is 13.2 Å². The van der Waals surface area contributed by atoms with Crippen LogP contribution in [0.4, 0.5) is 0 Å². The van der Waals surface area contributed by atoms with Crippen LogP contribution in [0.25, 0.3) is 0 Å². The third kappa shape index (κ3) is 43.0. The molecular weight excluding hydrogens is 973 g/mol. The molecule has 0 aromatic rings. The van der Waals surface area contributed by atoms with Gasteiger partial charge >= 0.3 is 23.9 Å². The van der Waals surface area contributed by atoms with Crippen molar-refractivity contribution in [1.29, 1.82) is 0 Å². The van der Waals surface area contributed by atoms with E-state index in [4.69, 9.17) is 23.7 Å². The van der Waals surface area contributed by atoms with Crippen molar-refractivity contribution in [2.24, 2.45) is 0 Å². The van der Waals surface area contributed by atoms with E-state index in [1.54, 1.807) is 0 Å². The number of allylic oxidation sites excluding steroid dienone is 10. The Labute approximate surface area is 468 Å². The first-order valence-corrected chi connectivity index (χ1v) is 31.3. The number of esters is 3. The number of aliphatic hydroxyl groups excluding tert-OH is 2. The maximum atomic E-state index is 13.2. The normalized spacial score (nSPS) is 18.4. The van der Waals surface area contributed by atoms with E-state index in [9.17, 15) is 34.5 Å². The number of carboxylic acid groups (broad SMARTS) is 1. The fourth-order valence-electron chi connectivity index (χ4n) is 9.30. The zero-order chi connectivity index (χ0) is 56.1. The highest BCUT2D eigenvalue weighted by atomic mass is 16.7.